The maximum Gasteiger partial charge on any atom is 0.342 e. The first-order chi connectivity index (χ1) is 12.6. The highest BCUT2D eigenvalue weighted by molar-refractivity contribution is 6.35. The number of carbonyl (C=O) groups excluding carboxylic acids is 3. The van der Waals surface area contributed by atoms with Gasteiger partial charge in [-0.1, -0.05) is 36.4 Å². The maximum absolute atomic E-state index is 13.0. The highest BCUT2D eigenvalue weighted by Crippen LogP contribution is 2.29. The monoisotopic (exact) mass is 350 g/mol. The summed E-state index contributed by atoms with van der Waals surface area (Å²) in [6.07, 6.45) is 0.164. The molecule has 0 spiro atoms. The van der Waals surface area contributed by atoms with E-state index in [2.05, 4.69) is 0 Å². The van der Waals surface area contributed by atoms with E-state index in [4.69, 9.17) is 9.47 Å². The summed E-state index contributed by atoms with van der Waals surface area (Å²) < 4.78 is 10.2. The number of benzene rings is 2. The van der Waals surface area contributed by atoms with Crippen LogP contribution in [0.1, 0.15) is 33.2 Å². The normalized spacial score (nSPS) is 13.5. The fraction of sp³-hybridized carbons (Fsp3) is 0.190. The second-order valence-corrected chi connectivity index (χ2v) is 5.80. The van der Waals surface area contributed by atoms with Crippen LogP contribution in [-0.4, -0.2) is 31.3 Å². The van der Waals surface area contributed by atoms with Gasteiger partial charge in [0.2, 0.25) is 5.78 Å². The van der Waals surface area contributed by atoms with Gasteiger partial charge in [0.15, 0.2) is 5.78 Å². The number of esters is 1. The molecule has 0 unspecified atom stereocenters. The third-order valence-corrected chi connectivity index (χ3v) is 4.24. The number of rotatable bonds is 5. The van der Waals surface area contributed by atoms with Gasteiger partial charge in [0.05, 0.1) is 13.7 Å². The third kappa shape index (κ3) is 3.16. The molecule has 0 fully saturated rings. The summed E-state index contributed by atoms with van der Waals surface area (Å²) >= 11 is 0. The minimum Gasteiger partial charge on any atom is -0.497 e. The van der Waals surface area contributed by atoms with Gasteiger partial charge in [0.25, 0.3) is 0 Å². The van der Waals surface area contributed by atoms with Gasteiger partial charge in [-0.15, -0.1) is 0 Å². The minimum absolute atomic E-state index is 0.126. The number of hydrogen-bond donors (Lipinski definition) is 0. The first kappa shape index (κ1) is 17.6. The maximum atomic E-state index is 13.0. The summed E-state index contributed by atoms with van der Waals surface area (Å²) in [4.78, 5) is 38.2. The first-order valence-electron chi connectivity index (χ1n) is 8.28. The fourth-order valence-electron chi connectivity index (χ4n) is 2.96. The SMILES string of the molecule is CCOC(=O)C1=C(Cc2ccc(OC)cc2)C(=O)c2ccccc2C1=O. The quantitative estimate of drug-likeness (QED) is 0.612. The average molecular weight is 350 g/mol. The molecular formula is C21H18O5. The van der Waals surface area contributed by atoms with Crippen LogP contribution in [-0.2, 0) is 16.0 Å². The van der Waals surface area contributed by atoms with E-state index in [0.29, 0.717) is 11.3 Å². The summed E-state index contributed by atoms with van der Waals surface area (Å²) in [5.41, 5.74) is 1.33. The van der Waals surface area contributed by atoms with Crippen molar-refractivity contribution in [3.05, 3.63) is 76.4 Å². The molecule has 5 nitrogen and oxygen atoms in total. The Morgan fingerprint density at radius 1 is 0.923 bits per heavy atom. The highest BCUT2D eigenvalue weighted by atomic mass is 16.5. The fourth-order valence-corrected chi connectivity index (χ4v) is 2.96. The summed E-state index contributed by atoms with van der Waals surface area (Å²) in [6.45, 7) is 1.78. The Balaban J connectivity index is 2.08. The van der Waals surface area contributed by atoms with Crippen LogP contribution in [0.4, 0.5) is 0 Å². The van der Waals surface area contributed by atoms with Gasteiger partial charge >= 0.3 is 5.97 Å². The number of ether oxygens (including phenoxy) is 2. The van der Waals surface area contributed by atoms with Gasteiger partial charge in [-0.3, -0.25) is 9.59 Å². The number of carbonyl (C=O) groups is 3. The summed E-state index contributed by atoms with van der Waals surface area (Å²) in [5, 5.41) is 0. The van der Waals surface area contributed by atoms with Crippen molar-refractivity contribution in [2.24, 2.45) is 0 Å². The van der Waals surface area contributed by atoms with E-state index in [1.165, 1.54) is 0 Å². The van der Waals surface area contributed by atoms with Crippen LogP contribution in [0.15, 0.2) is 59.7 Å². The van der Waals surface area contributed by atoms with Crippen molar-refractivity contribution >= 4 is 17.5 Å². The predicted octanol–water partition coefficient (Wildman–Crippen LogP) is 3.18. The van der Waals surface area contributed by atoms with E-state index in [0.717, 1.165) is 5.56 Å². The van der Waals surface area contributed by atoms with Crippen LogP contribution in [0.25, 0.3) is 0 Å². The zero-order chi connectivity index (χ0) is 18.7. The van der Waals surface area contributed by atoms with E-state index in [-0.39, 0.29) is 35.5 Å². The van der Waals surface area contributed by atoms with Crippen molar-refractivity contribution in [3.63, 3.8) is 0 Å². The van der Waals surface area contributed by atoms with Crippen molar-refractivity contribution in [2.75, 3.05) is 13.7 Å². The molecule has 0 amide bonds. The van der Waals surface area contributed by atoms with Crippen LogP contribution < -0.4 is 4.74 Å². The van der Waals surface area contributed by atoms with Crippen molar-refractivity contribution in [2.45, 2.75) is 13.3 Å². The Morgan fingerprint density at radius 3 is 2.12 bits per heavy atom. The molecule has 0 bridgehead atoms. The van der Waals surface area contributed by atoms with E-state index >= 15 is 0 Å². The molecule has 2 aromatic rings. The van der Waals surface area contributed by atoms with Gasteiger partial charge < -0.3 is 9.47 Å². The van der Waals surface area contributed by atoms with E-state index in [1.807, 2.05) is 0 Å². The zero-order valence-electron chi connectivity index (χ0n) is 14.6. The van der Waals surface area contributed by atoms with E-state index in [9.17, 15) is 14.4 Å². The number of hydrogen-bond acceptors (Lipinski definition) is 5. The van der Waals surface area contributed by atoms with E-state index < -0.39 is 11.8 Å². The molecule has 0 N–H and O–H groups in total. The van der Waals surface area contributed by atoms with E-state index in [1.54, 1.807) is 62.6 Å². The molecule has 0 radical (unpaired) electrons. The molecule has 3 rings (SSSR count). The molecule has 1 aliphatic carbocycles. The number of fused-ring (bicyclic) bond motifs is 1. The molecule has 5 heteroatoms. The van der Waals surface area contributed by atoms with Gasteiger partial charge in [-0.2, -0.15) is 0 Å². The number of methoxy groups -OCH3 is 1. The Labute approximate surface area is 151 Å². The molecular weight excluding hydrogens is 332 g/mol. The van der Waals surface area contributed by atoms with Crippen LogP contribution in [0.5, 0.6) is 5.75 Å². The molecule has 0 aromatic heterocycles. The molecule has 0 saturated heterocycles. The summed E-state index contributed by atoms with van der Waals surface area (Å²) in [7, 11) is 1.57. The van der Waals surface area contributed by atoms with Crippen LogP contribution >= 0.6 is 0 Å². The lowest BCUT2D eigenvalue weighted by Crippen LogP contribution is -2.28. The van der Waals surface area contributed by atoms with Gasteiger partial charge in [-0.05, 0) is 24.6 Å². The Bertz CT molecular complexity index is 906. The second kappa shape index (κ2) is 7.35. The molecule has 0 aliphatic heterocycles. The van der Waals surface area contributed by atoms with Gasteiger partial charge in [0, 0.05) is 23.1 Å². The molecule has 1 aliphatic rings. The molecule has 0 saturated carbocycles. The first-order valence-corrected chi connectivity index (χ1v) is 8.28. The van der Waals surface area contributed by atoms with Crippen molar-refractivity contribution < 1.29 is 23.9 Å². The lowest BCUT2D eigenvalue weighted by Gasteiger charge is -2.20. The zero-order valence-corrected chi connectivity index (χ0v) is 14.6. The van der Waals surface area contributed by atoms with Gasteiger partial charge in [-0.25, -0.2) is 4.79 Å². The lowest BCUT2D eigenvalue weighted by molar-refractivity contribution is -0.138. The topological polar surface area (TPSA) is 69.7 Å². The highest BCUT2D eigenvalue weighted by Gasteiger charge is 2.36. The Kier molecular flexibility index (Phi) is 4.98. The smallest absolute Gasteiger partial charge is 0.342 e. The predicted molar refractivity (Wildman–Crippen MR) is 95.5 cm³/mol. The van der Waals surface area contributed by atoms with Crippen LogP contribution in [0, 0.1) is 0 Å². The third-order valence-electron chi connectivity index (χ3n) is 4.24. The van der Waals surface area contributed by atoms with Crippen LogP contribution in [0.3, 0.4) is 0 Å². The number of allylic oxidation sites excluding steroid dienone is 1. The molecule has 2 aromatic carbocycles. The largest absolute Gasteiger partial charge is 0.497 e. The molecule has 0 atom stereocenters. The summed E-state index contributed by atoms with van der Waals surface area (Å²) in [5.74, 6) is -0.866. The van der Waals surface area contributed by atoms with Crippen LogP contribution in [0.2, 0.25) is 0 Å². The number of ketones is 2. The van der Waals surface area contributed by atoms with Crippen molar-refractivity contribution in [1.82, 2.24) is 0 Å². The Hall–Kier alpha value is -3.21. The lowest BCUT2D eigenvalue weighted by atomic mass is 9.81. The van der Waals surface area contributed by atoms with Crippen molar-refractivity contribution in [3.8, 4) is 5.75 Å². The van der Waals surface area contributed by atoms with Crippen molar-refractivity contribution in [1.29, 1.82) is 0 Å². The standard InChI is InChI=1S/C21H18O5/c1-3-26-21(24)18-17(12-13-8-10-14(25-2)11-9-13)19(22)15-6-4-5-7-16(15)20(18)23/h4-11H,3,12H2,1-2H3. The van der Waals surface area contributed by atoms with Gasteiger partial charge in [0.1, 0.15) is 11.3 Å². The summed E-state index contributed by atoms with van der Waals surface area (Å²) in [6, 6.07) is 13.7. The Morgan fingerprint density at radius 2 is 1.54 bits per heavy atom. The average Bonchev–Trinajstić information content (AvgIpc) is 2.66. The molecule has 0 heterocycles. The minimum atomic E-state index is -0.760. The molecule has 132 valence electrons. The molecule has 26 heavy (non-hydrogen) atoms. The second-order valence-electron chi connectivity index (χ2n) is 5.80. The number of Topliss-reactive ketones (excluding diaryl/α,β-unsaturated/α-hetero) is 2.